The lowest BCUT2D eigenvalue weighted by Crippen LogP contribution is -2.14. The monoisotopic (exact) mass is 276 g/mol. The van der Waals surface area contributed by atoms with E-state index in [1.165, 1.54) is 16.7 Å². The molecule has 1 aliphatic carbocycles. The third-order valence-electron chi connectivity index (χ3n) is 4.34. The molecular weight excluding hydrogens is 260 g/mol. The lowest BCUT2D eigenvalue weighted by Gasteiger charge is -2.04. The van der Waals surface area contributed by atoms with E-state index in [1.54, 1.807) is 0 Å². The highest BCUT2D eigenvalue weighted by Crippen LogP contribution is 2.30. The Morgan fingerprint density at radius 1 is 1.05 bits per heavy atom. The molecule has 0 atom stereocenters. The number of carbonyl (C=O) groups excluding carboxylic acids is 1. The number of hydrogen-bond acceptors (Lipinski definition) is 2. The average molecular weight is 276 g/mol. The average Bonchev–Trinajstić information content (AvgIpc) is 3.09. The van der Waals surface area contributed by atoms with Crippen molar-refractivity contribution >= 4 is 16.8 Å². The van der Waals surface area contributed by atoms with E-state index in [9.17, 15) is 4.79 Å². The number of carbonyl (C=O) groups is 1. The van der Waals surface area contributed by atoms with Crippen molar-refractivity contribution in [3.05, 3.63) is 71.0 Å². The minimum Gasteiger partial charge on any atom is -0.453 e. The minimum absolute atomic E-state index is 0.0176. The molecule has 0 radical (unpaired) electrons. The molecule has 0 aliphatic heterocycles. The van der Waals surface area contributed by atoms with Gasteiger partial charge in [0.1, 0.15) is 5.58 Å². The van der Waals surface area contributed by atoms with Gasteiger partial charge in [0.2, 0.25) is 5.78 Å². The number of furan rings is 1. The van der Waals surface area contributed by atoms with Crippen molar-refractivity contribution in [2.75, 3.05) is 0 Å². The van der Waals surface area contributed by atoms with Gasteiger partial charge in [-0.2, -0.15) is 0 Å². The van der Waals surface area contributed by atoms with E-state index < -0.39 is 0 Å². The highest BCUT2D eigenvalue weighted by Gasteiger charge is 2.29. The summed E-state index contributed by atoms with van der Waals surface area (Å²) in [5.41, 5.74) is 4.56. The molecular formula is C19H16O2. The van der Waals surface area contributed by atoms with Crippen LogP contribution in [-0.2, 0) is 12.8 Å². The van der Waals surface area contributed by atoms with Gasteiger partial charge in [-0.25, -0.2) is 0 Å². The zero-order valence-electron chi connectivity index (χ0n) is 11.9. The van der Waals surface area contributed by atoms with E-state index in [0.29, 0.717) is 5.76 Å². The van der Waals surface area contributed by atoms with Crippen LogP contribution in [0.5, 0.6) is 0 Å². The van der Waals surface area contributed by atoms with Crippen molar-refractivity contribution in [1.82, 2.24) is 0 Å². The van der Waals surface area contributed by atoms with E-state index in [0.717, 1.165) is 23.8 Å². The van der Waals surface area contributed by atoms with Crippen LogP contribution in [0.3, 0.4) is 0 Å². The molecule has 0 amide bonds. The first-order valence-electron chi connectivity index (χ1n) is 7.32. The number of ketones is 1. The van der Waals surface area contributed by atoms with Crippen molar-refractivity contribution in [1.29, 1.82) is 0 Å². The van der Waals surface area contributed by atoms with E-state index >= 15 is 0 Å². The van der Waals surface area contributed by atoms with Gasteiger partial charge in [-0.05, 0) is 49.1 Å². The molecule has 1 aromatic heterocycles. The van der Waals surface area contributed by atoms with E-state index in [4.69, 9.17) is 4.42 Å². The van der Waals surface area contributed by atoms with Gasteiger partial charge < -0.3 is 4.42 Å². The summed E-state index contributed by atoms with van der Waals surface area (Å²) in [5, 5.41) is 1.01. The fraction of sp³-hybridized carbons (Fsp3) is 0.211. The summed E-state index contributed by atoms with van der Waals surface area (Å²) in [5.74, 6) is 0.637. The number of benzene rings is 2. The molecule has 0 N–H and O–H groups in total. The predicted octanol–water partition coefficient (Wildman–Crippen LogP) is 4.34. The van der Waals surface area contributed by atoms with E-state index in [1.807, 2.05) is 37.3 Å². The number of aryl methyl sites for hydroxylation is 1. The molecule has 104 valence electrons. The van der Waals surface area contributed by atoms with Gasteiger partial charge >= 0.3 is 0 Å². The zero-order chi connectivity index (χ0) is 14.4. The van der Waals surface area contributed by atoms with Gasteiger partial charge in [0.25, 0.3) is 0 Å². The standard InChI is InChI=1S/C19H16O2/c1-12-6-7-17-15(8-12)11-18(21-17)19(20)16-9-13-4-2-3-5-14(13)10-16/h2-8,11,16H,9-10H2,1H3. The number of hydrogen-bond donors (Lipinski definition) is 0. The molecule has 1 aliphatic rings. The summed E-state index contributed by atoms with van der Waals surface area (Å²) >= 11 is 0. The first kappa shape index (κ1) is 12.4. The predicted molar refractivity (Wildman–Crippen MR) is 82.6 cm³/mol. The summed E-state index contributed by atoms with van der Waals surface area (Å²) in [7, 11) is 0. The van der Waals surface area contributed by atoms with Crippen LogP contribution < -0.4 is 0 Å². The highest BCUT2D eigenvalue weighted by atomic mass is 16.3. The Morgan fingerprint density at radius 2 is 1.76 bits per heavy atom. The van der Waals surface area contributed by atoms with Crippen molar-refractivity contribution in [2.24, 2.45) is 5.92 Å². The van der Waals surface area contributed by atoms with Gasteiger partial charge in [-0.3, -0.25) is 4.79 Å². The molecule has 3 aromatic rings. The molecule has 0 bridgehead atoms. The molecule has 0 saturated carbocycles. The Balaban J connectivity index is 1.65. The minimum atomic E-state index is 0.0176. The van der Waals surface area contributed by atoms with Crippen molar-refractivity contribution < 1.29 is 9.21 Å². The first-order valence-corrected chi connectivity index (χ1v) is 7.32. The molecule has 0 fully saturated rings. The molecule has 0 saturated heterocycles. The summed E-state index contributed by atoms with van der Waals surface area (Å²) in [6, 6.07) is 16.2. The third kappa shape index (κ3) is 2.07. The van der Waals surface area contributed by atoms with Crippen LogP contribution in [-0.4, -0.2) is 5.78 Å². The van der Waals surface area contributed by atoms with Crippen LogP contribution >= 0.6 is 0 Å². The molecule has 0 spiro atoms. The largest absolute Gasteiger partial charge is 0.453 e. The lowest BCUT2D eigenvalue weighted by atomic mass is 9.99. The molecule has 2 heteroatoms. The van der Waals surface area contributed by atoms with Crippen LogP contribution in [0.1, 0.15) is 27.2 Å². The molecule has 21 heavy (non-hydrogen) atoms. The molecule has 2 aromatic carbocycles. The summed E-state index contributed by atoms with van der Waals surface area (Å²) < 4.78 is 5.75. The maximum absolute atomic E-state index is 12.7. The zero-order valence-corrected chi connectivity index (χ0v) is 11.9. The number of rotatable bonds is 2. The molecule has 0 unspecified atom stereocenters. The fourth-order valence-corrected chi connectivity index (χ4v) is 3.23. The smallest absolute Gasteiger partial charge is 0.201 e. The van der Waals surface area contributed by atoms with Gasteiger partial charge in [0, 0.05) is 11.3 Å². The van der Waals surface area contributed by atoms with Gasteiger partial charge in [-0.15, -0.1) is 0 Å². The molecule has 1 heterocycles. The van der Waals surface area contributed by atoms with Crippen LogP contribution in [0, 0.1) is 12.8 Å². The SMILES string of the molecule is Cc1ccc2oc(C(=O)C3Cc4ccccc4C3)cc2c1. The summed E-state index contributed by atoms with van der Waals surface area (Å²) in [4.78, 5) is 12.7. The second-order valence-corrected chi connectivity index (χ2v) is 5.89. The van der Waals surface area contributed by atoms with Gasteiger partial charge in [0.05, 0.1) is 0 Å². The van der Waals surface area contributed by atoms with E-state index in [2.05, 4.69) is 18.2 Å². The number of fused-ring (bicyclic) bond motifs is 2. The quantitative estimate of drug-likeness (QED) is 0.652. The Hall–Kier alpha value is -2.35. The van der Waals surface area contributed by atoms with Gasteiger partial charge in [-0.1, -0.05) is 35.9 Å². The van der Waals surface area contributed by atoms with Crippen LogP contribution in [0.2, 0.25) is 0 Å². The van der Waals surface area contributed by atoms with E-state index in [-0.39, 0.29) is 11.7 Å². The maximum Gasteiger partial charge on any atom is 0.201 e. The topological polar surface area (TPSA) is 30.2 Å². The Kier molecular flexibility index (Phi) is 2.71. The van der Waals surface area contributed by atoms with Crippen molar-refractivity contribution in [2.45, 2.75) is 19.8 Å². The highest BCUT2D eigenvalue weighted by molar-refractivity contribution is 5.99. The Bertz CT molecular complexity index is 817. The molecule has 4 rings (SSSR count). The molecule has 2 nitrogen and oxygen atoms in total. The first-order chi connectivity index (χ1) is 10.2. The Labute approximate surface area is 123 Å². The van der Waals surface area contributed by atoms with Crippen molar-refractivity contribution in [3.8, 4) is 0 Å². The third-order valence-corrected chi connectivity index (χ3v) is 4.34. The second-order valence-electron chi connectivity index (χ2n) is 5.89. The summed E-state index contributed by atoms with van der Waals surface area (Å²) in [6.07, 6.45) is 1.65. The fourth-order valence-electron chi connectivity index (χ4n) is 3.23. The second kappa shape index (κ2) is 4.59. The maximum atomic E-state index is 12.7. The number of Topliss-reactive ketones (excluding diaryl/α,β-unsaturated/α-hetero) is 1. The normalized spacial score (nSPS) is 14.5. The van der Waals surface area contributed by atoms with Crippen molar-refractivity contribution in [3.63, 3.8) is 0 Å². The summed E-state index contributed by atoms with van der Waals surface area (Å²) in [6.45, 7) is 2.04. The lowest BCUT2D eigenvalue weighted by molar-refractivity contribution is 0.0898. The van der Waals surface area contributed by atoms with Crippen LogP contribution in [0.15, 0.2) is 52.9 Å². The van der Waals surface area contributed by atoms with Crippen LogP contribution in [0.25, 0.3) is 11.0 Å². The Morgan fingerprint density at radius 3 is 2.48 bits per heavy atom. The van der Waals surface area contributed by atoms with Crippen LogP contribution in [0.4, 0.5) is 0 Å². The van der Waals surface area contributed by atoms with Gasteiger partial charge in [0.15, 0.2) is 5.76 Å².